The van der Waals surface area contributed by atoms with Crippen molar-refractivity contribution in [1.82, 2.24) is 0 Å². The van der Waals surface area contributed by atoms with Crippen molar-refractivity contribution in [1.29, 1.82) is 0 Å². The predicted molar refractivity (Wildman–Crippen MR) is 138 cm³/mol. The van der Waals surface area contributed by atoms with Crippen molar-refractivity contribution < 1.29 is 19.1 Å². The van der Waals surface area contributed by atoms with E-state index in [2.05, 4.69) is 16.0 Å². The first-order valence-electron chi connectivity index (χ1n) is 12.0. The predicted octanol–water partition coefficient (Wildman–Crippen LogP) is 4.87. The molecule has 1 aliphatic rings. The van der Waals surface area contributed by atoms with Crippen molar-refractivity contribution in [3.63, 3.8) is 0 Å². The lowest BCUT2D eigenvalue weighted by Crippen LogP contribution is -2.22. The molecule has 0 bridgehead atoms. The number of anilines is 3. The van der Waals surface area contributed by atoms with Gasteiger partial charge in [-0.15, -0.1) is 0 Å². The lowest BCUT2D eigenvalue weighted by atomic mass is 10.1. The first-order chi connectivity index (χ1) is 17.1. The molecule has 35 heavy (non-hydrogen) atoms. The Morgan fingerprint density at radius 3 is 2.31 bits per heavy atom. The van der Waals surface area contributed by atoms with E-state index in [1.807, 2.05) is 54.6 Å². The summed E-state index contributed by atoms with van der Waals surface area (Å²) in [6.45, 7) is 1.48. The number of amides is 2. The second kappa shape index (κ2) is 12.6. The fourth-order valence-electron chi connectivity index (χ4n) is 3.82. The van der Waals surface area contributed by atoms with E-state index in [-0.39, 0.29) is 24.5 Å². The molecule has 1 fully saturated rings. The molecule has 0 aromatic heterocycles. The van der Waals surface area contributed by atoms with E-state index in [0.29, 0.717) is 30.8 Å². The molecule has 1 heterocycles. The van der Waals surface area contributed by atoms with Gasteiger partial charge in [0.05, 0.1) is 12.6 Å². The maximum atomic E-state index is 12.4. The Kier molecular flexibility index (Phi) is 8.73. The highest BCUT2D eigenvalue weighted by atomic mass is 16.5. The Balaban J connectivity index is 1.19. The number of hydrogen-bond donors (Lipinski definition) is 3. The molecule has 2 amide bonds. The summed E-state index contributed by atoms with van der Waals surface area (Å²) in [5, 5.41) is 8.85. The third-order valence-electron chi connectivity index (χ3n) is 5.68. The average molecular weight is 474 g/mol. The molecule has 4 rings (SSSR count). The number of hydrogen-bond acceptors (Lipinski definition) is 5. The smallest absolute Gasteiger partial charge is 0.243 e. The van der Waals surface area contributed by atoms with Gasteiger partial charge in [0.15, 0.2) is 0 Å². The molecule has 0 saturated carbocycles. The van der Waals surface area contributed by atoms with Crippen LogP contribution in [0, 0.1) is 0 Å². The van der Waals surface area contributed by atoms with Gasteiger partial charge in [-0.25, -0.2) is 0 Å². The fourth-order valence-corrected chi connectivity index (χ4v) is 3.82. The number of nitrogens with one attached hydrogen (secondary N) is 3. The molecule has 3 N–H and O–H groups in total. The second-order valence-electron chi connectivity index (χ2n) is 8.49. The lowest BCUT2D eigenvalue weighted by molar-refractivity contribution is -0.116. The monoisotopic (exact) mass is 473 g/mol. The Hall–Kier alpha value is -3.84. The zero-order valence-corrected chi connectivity index (χ0v) is 19.7. The van der Waals surface area contributed by atoms with Crippen LogP contribution in [-0.2, 0) is 20.7 Å². The molecule has 3 aromatic carbocycles. The molecule has 1 unspecified atom stereocenters. The summed E-state index contributed by atoms with van der Waals surface area (Å²) in [6, 6.07) is 24.5. The number of benzene rings is 3. The normalized spacial score (nSPS) is 14.8. The van der Waals surface area contributed by atoms with Crippen LogP contribution < -0.4 is 20.7 Å². The topological polar surface area (TPSA) is 88.7 Å². The minimum absolute atomic E-state index is 0.0674. The van der Waals surface area contributed by atoms with Crippen LogP contribution >= 0.6 is 0 Å². The SMILES string of the molecule is O=C(CCc1ccccc1)Nc1cccc(NC(=O)CNc2ccc(OCC3CCCO3)cc2)c1. The summed E-state index contributed by atoms with van der Waals surface area (Å²) in [6.07, 6.45) is 3.38. The van der Waals surface area contributed by atoms with Crippen LogP contribution in [0.1, 0.15) is 24.8 Å². The molecule has 1 atom stereocenters. The minimum atomic E-state index is -0.184. The van der Waals surface area contributed by atoms with Gasteiger partial charge in [0, 0.05) is 30.1 Å². The maximum Gasteiger partial charge on any atom is 0.243 e. The standard InChI is InChI=1S/C28H31N3O4/c32-27(16-11-21-6-2-1-3-7-21)30-23-8-4-9-24(18-23)31-28(33)19-29-22-12-14-25(15-13-22)35-20-26-10-5-17-34-26/h1-4,6-9,12-15,18,26,29H,5,10-11,16-17,19-20H2,(H,30,32)(H,31,33). The first kappa shape index (κ1) is 24.3. The van der Waals surface area contributed by atoms with Gasteiger partial charge >= 0.3 is 0 Å². The minimum Gasteiger partial charge on any atom is -0.491 e. The van der Waals surface area contributed by atoms with Crippen LogP contribution in [0.25, 0.3) is 0 Å². The van der Waals surface area contributed by atoms with Crippen LogP contribution in [0.5, 0.6) is 5.75 Å². The Morgan fingerprint density at radius 1 is 0.857 bits per heavy atom. The van der Waals surface area contributed by atoms with Gasteiger partial charge in [0.1, 0.15) is 12.4 Å². The Morgan fingerprint density at radius 2 is 1.60 bits per heavy atom. The van der Waals surface area contributed by atoms with E-state index in [0.717, 1.165) is 36.4 Å². The van der Waals surface area contributed by atoms with Crippen molar-refractivity contribution in [2.24, 2.45) is 0 Å². The van der Waals surface area contributed by atoms with E-state index in [4.69, 9.17) is 9.47 Å². The summed E-state index contributed by atoms with van der Waals surface area (Å²) >= 11 is 0. The van der Waals surface area contributed by atoms with Gasteiger partial charge in [-0.3, -0.25) is 9.59 Å². The Bertz CT molecular complexity index is 1100. The molecular formula is C28H31N3O4. The number of carbonyl (C=O) groups is 2. The van der Waals surface area contributed by atoms with Gasteiger partial charge < -0.3 is 25.4 Å². The summed E-state index contributed by atoms with van der Waals surface area (Å²) < 4.78 is 11.3. The number of carbonyl (C=O) groups excluding carboxylic acids is 2. The number of aryl methyl sites for hydroxylation is 1. The quantitative estimate of drug-likeness (QED) is 0.370. The van der Waals surface area contributed by atoms with Crippen LogP contribution in [-0.4, -0.2) is 37.7 Å². The Labute approximate surface area is 205 Å². The highest BCUT2D eigenvalue weighted by molar-refractivity contribution is 5.95. The summed E-state index contributed by atoms with van der Waals surface area (Å²) in [5.74, 6) is 0.525. The van der Waals surface area contributed by atoms with Crippen LogP contribution in [0.3, 0.4) is 0 Å². The molecule has 1 aliphatic heterocycles. The number of ether oxygens (including phenoxy) is 2. The molecule has 1 saturated heterocycles. The van der Waals surface area contributed by atoms with Gasteiger partial charge in [-0.2, -0.15) is 0 Å². The third kappa shape index (κ3) is 8.15. The van der Waals surface area contributed by atoms with Crippen LogP contribution in [0.4, 0.5) is 17.1 Å². The molecule has 0 spiro atoms. The molecule has 7 heteroatoms. The van der Waals surface area contributed by atoms with E-state index >= 15 is 0 Å². The van der Waals surface area contributed by atoms with Crippen molar-refractivity contribution in [2.45, 2.75) is 31.8 Å². The van der Waals surface area contributed by atoms with Gasteiger partial charge in [0.2, 0.25) is 11.8 Å². The molecule has 0 aliphatic carbocycles. The highest BCUT2D eigenvalue weighted by Gasteiger charge is 2.15. The van der Waals surface area contributed by atoms with Crippen LogP contribution in [0.2, 0.25) is 0 Å². The molecule has 7 nitrogen and oxygen atoms in total. The summed E-state index contributed by atoms with van der Waals surface area (Å²) in [7, 11) is 0. The van der Waals surface area contributed by atoms with Crippen molar-refractivity contribution >= 4 is 28.9 Å². The molecule has 0 radical (unpaired) electrons. The first-order valence-corrected chi connectivity index (χ1v) is 12.0. The zero-order valence-electron chi connectivity index (χ0n) is 19.7. The highest BCUT2D eigenvalue weighted by Crippen LogP contribution is 2.19. The van der Waals surface area contributed by atoms with E-state index in [9.17, 15) is 9.59 Å². The average Bonchev–Trinajstić information content (AvgIpc) is 3.40. The summed E-state index contributed by atoms with van der Waals surface area (Å²) in [5.41, 5.74) is 3.21. The second-order valence-corrected chi connectivity index (χ2v) is 8.49. The largest absolute Gasteiger partial charge is 0.491 e. The van der Waals surface area contributed by atoms with E-state index in [1.165, 1.54) is 0 Å². The fraction of sp³-hybridized carbons (Fsp3) is 0.286. The van der Waals surface area contributed by atoms with Crippen molar-refractivity contribution in [2.75, 3.05) is 35.7 Å². The van der Waals surface area contributed by atoms with Crippen molar-refractivity contribution in [3.05, 3.63) is 84.4 Å². The van der Waals surface area contributed by atoms with Crippen LogP contribution in [0.15, 0.2) is 78.9 Å². The third-order valence-corrected chi connectivity index (χ3v) is 5.68. The summed E-state index contributed by atoms with van der Waals surface area (Å²) in [4.78, 5) is 24.7. The number of rotatable bonds is 11. The molecule has 3 aromatic rings. The van der Waals surface area contributed by atoms with Gasteiger partial charge in [-0.05, 0) is 67.3 Å². The lowest BCUT2D eigenvalue weighted by Gasteiger charge is -2.12. The maximum absolute atomic E-state index is 12.4. The van der Waals surface area contributed by atoms with Crippen molar-refractivity contribution in [3.8, 4) is 5.75 Å². The zero-order chi connectivity index (χ0) is 24.3. The van der Waals surface area contributed by atoms with E-state index < -0.39 is 0 Å². The molecular weight excluding hydrogens is 442 g/mol. The van der Waals surface area contributed by atoms with Gasteiger partial charge in [-0.1, -0.05) is 36.4 Å². The van der Waals surface area contributed by atoms with Gasteiger partial charge in [0.25, 0.3) is 0 Å². The molecule has 182 valence electrons. The van der Waals surface area contributed by atoms with E-state index in [1.54, 1.807) is 24.3 Å².